The number of anilines is 1. The summed E-state index contributed by atoms with van der Waals surface area (Å²) < 4.78 is 25.8. The maximum atomic E-state index is 13.0. The van der Waals surface area contributed by atoms with Crippen LogP contribution in [0.1, 0.15) is 20.3 Å². The van der Waals surface area contributed by atoms with Crippen LogP contribution in [-0.2, 0) is 9.59 Å². The van der Waals surface area contributed by atoms with Gasteiger partial charge in [-0.3, -0.25) is 14.5 Å². The molecule has 170 valence electrons. The van der Waals surface area contributed by atoms with E-state index in [1.165, 1.54) is 11.8 Å². The molecule has 0 radical (unpaired) electrons. The highest BCUT2D eigenvalue weighted by Crippen LogP contribution is 2.34. The number of hydrogen-bond acceptors (Lipinski definition) is 5. The fourth-order valence-corrected chi connectivity index (χ4v) is 5.05. The maximum Gasteiger partial charge on any atom is 0.288 e. The van der Waals surface area contributed by atoms with Gasteiger partial charge in [0.1, 0.15) is 5.25 Å². The Bertz CT molecular complexity index is 1000. The van der Waals surface area contributed by atoms with Gasteiger partial charge in [-0.2, -0.15) is 8.78 Å². The molecule has 3 rings (SSSR count). The standard InChI is InChI=1S/C22H22BrF2N3O2S2/c1-13(2)12-28-20(30)18(11-19(29)27-17-6-4-3-5-16(17)23)32-22(28)26-14-7-9-15(10-8-14)31-21(24)25/h3-10,13,18,21H,11-12H2,1-2H3,(H,27,29)/t18-/m1/s1. The Labute approximate surface area is 202 Å². The lowest BCUT2D eigenvalue weighted by atomic mass is 10.2. The van der Waals surface area contributed by atoms with E-state index in [-0.39, 0.29) is 24.2 Å². The number of para-hydroxylation sites is 1. The van der Waals surface area contributed by atoms with Crippen molar-refractivity contribution < 1.29 is 18.4 Å². The summed E-state index contributed by atoms with van der Waals surface area (Å²) in [6.07, 6.45) is 0.0163. The molecule has 2 aromatic carbocycles. The van der Waals surface area contributed by atoms with Gasteiger partial charge in [0.15, 0.2) is 5.17 Å². The molecular weight excluding hydrogens is 520 g/mol. The number of carbonyl (C=O) groups is 2. The fraction of sp³-hybridized carbons (Fsp3) is 0.318. The molecule has 2 aromatic rings. The molecule has 32 heavy (non-hydrogen) atoms. The number of halogens is 3. The summed E-state index contributed by atoms with van der Waals surface area (Å²) in [5.74, 6) is -2.70. The highest BCUT2D eigenvalue weighted by molar-refractivity contribution is 9.10. The first-order valence-electron chi connectivity index (χ1n) is 9.89. The molecule has 1 aliphatic heterocycles. The van der Waals surface area contributed by atoms with E-state index in [1.54, 1.807) is 35.2 Å². The van der Waals surface area contributed by atoms with Crippen molar-refractivity contribution in [1.82, 2.24) is 4.90 Å². The zero-order valence-electron chi connectivity index (χ0n) is 17.4. The van der Waals surface area contributed by atoms with Crippen LogP contribution in [0.2, 0.25) is 0 Å². The van der Waals surface area contributed by atoms with E-state index in [4.69, 9.17) is 0 Å². The Morgan fingerprint density at radius 2 is 1.91 bits per heavy atom. The van der Waals surface area contributed by atoms with Gasteiger partial charge in [-0.15, -0.1) is 0 Å². The zero-order chi connectivity index (χ0) is 23.3. The number of amides is 2. The van der Waals surface area contributed by atoms with Crippen LogP contribution in [0.3, 0.4) is 0 Å². The van der Waals surface area contributed by atoms with Crippen molar-refractivity contribution in [2.75, 3.05) is 11.9 Å². The smallest absolute Gasteiger partial charge is 0.288 e. The Kier molecular flexibility index (Phi) is 8.72. The number of aliphatic imine (C=N–C) groups is 1. The molecule has 1 aliphatic rings. The van der Waals surface area contributed by atoms with Crippen molar-refractivity contribution in [2.45, 2.75) is 36.2 Å². The van der Waals surface area contributed by atoms with Gasteiger partial charge >= 0.3 is 0 Å². The molecular formula is C22H22BrF2N3O2S2. The summed E-state index contributed by atoms with van der Waals surface area (Å²) in [4.78, 5) is 32.2. The van der Waals surface area contributed by atoms with Crippen molar-refractivity contribution in [3.63, 3.8) is 0 Å². The molecule has 1 saturated heterocycles. The van der Waals surface area contributed by atoms with Gasteiger partial charge in [-0.25, -0.2) is 4.99 Å². The fourth-order valence-electron chi connectivity index (χ4n) is 3.00. The number of benzene rings is 2. The summed E-state index contributed by atoms with van der Waals surface area (Å²) in [5, 5.41) is 2.76. The monoisotopic (exact) mass is 541 g/mol. The molecule has 10 heteroatoms. The third kappa shape index (κ3) is 6.79. The minimum atomic E-state index is -2.49. The van der Waals surface area contributed by atoms with Crippen LogP contribution in [-0.4, -0.2) is 39.4 Å². The molecule has 0 bridgehead atoms. The molecule has 1 N–H and O–H groups in total. The van der Waals surface area contributed by atoms with Gasteiger partial charge in [0.2, 0.25) is 11.8 Å². The minimum Gasteiger partial charge on any atom is -0.325 e. The van der Waals surface area contributed by atoms with Gasteiger partial charge in [-0.05, 0) is 58.2 Å². The average molecular weight is 542 g/mol. The van der Waals surface area contributed by atoms with E-state index in [9.17, 15) is 18.4 Å². The van der Waals surface area contributed by atoms with E-state index < -0.39 is 11.0 Å². The third-order valence-electron chi connectivity index (χ3n) is 4.37. The second kappa shape index (κ2) is 11.3. The van der Waals surface area contributed by atoms with Crippen LogP contribution in [0.5, 0.6) is 0 Å². The molecule has 1 atom stereocenters. The lowest BCUT2D eigenvalue weighted by molar-refractivity contribution is -0.128. The summed E-state index contributed by atoms with van der Waals surface area (Å²) >= 11 is 5.11. The number of alkyl halides is 2. The molecule has 0 saturated carbocycles. The van der Waals surface area contributed by atoms with E-state index in [1.807, 2.05) is 32.0 Å². The number of nitrogens with one attached hydrogen (secondary N) is 1. The largest absolute Gasteiger partial charge is 0.325 e. The van der Waals surface area contributed by atoms with E-state index in [0.717, 1.165) is 4.47 Å². The number of thioether (sulfide) groups is 2. The third-order valence-corrected chi connectivity index (χ3v) is 6.96. The van der Waals surface area contributed by atoms with Crippen LogP contribution in [0.25, 0.3) is 0 Å². The SMILES string of the molecule is CC(C)CN1C(=O)[C@@H](CC(=O)Nc2ccccc2Br)SC1=Nc1ccc(SC(F)F)cc1. The van der Waals surface area contributed by atoms with Crippen molar-refractivity contribution >= 4 is 67.8 Å². The number of carbonyl (C=O) groups excluding carboxylic acids is 2. The van der Waals surface area contributed by atoms with E-state index in [2.05, 4.69) is 26.2 Å². The van der Waals surface area contributed by atoms with Crippen LogP contribution in [0.15, 0.2) is 62.9 Å². The number of amidine groups is 1. The van der Waals surface area contributed by atoms with E-state index >= 15 is 0 Å². The molecule has 0 aliphatic carbocycles. The second-order valence-corrected chi connectivity index (χ2v) is 10.5. The first kappa shape index (κ1) is 24.7. The van der Waals surface area contributed by atoms with E-state index in [0.29, 0.717) is 39.7 Å². The van der Waals surface area contributed by atoms with Gasteiger partial charge in [0.05, 0.1) is 11.4 Å². The van der Waals surface area contributed by atoms with Crippen LogP contribution >= 0.6 is 39.5 Å². The predicted molar refractivity (Wildman–Crippen MR) is 131 cm³/mol. The first-order chi connectivity index (χ1) is 15.2. The summed E-state index contributed by atoms with van der Waals surface area (Å²) in [7, 11) is 0. The number of rotatable bonds is 8. The number of nitrogens with zero attached hydrogens (tertiary/aromatic N) is 2. The molecule has 1 fully saturated rings. The molecule has 1 heterocycles. The normalized spacial score (nSPS) is 17.6. The van der Waals surface area contributed by atoms with Crippen LogP contribution in [0, 0.1) is 5.92 Å². The molecule has 0 spiro atoms. The van der Waals surface area contributed by atoms with Crippen molar-refractivity contribution in [3.8, 4) is 0 Å². The van der Waals surface area contributed by atoms with Gasteiger partial charge in [0, 0.05) is 22.3 Å². The van der Waals surface area contributed by atoms with Crippen LogP contribution < -0.4 is 5.32 Å². The Hall–Kier alpha value is -1.91. The zero-order valence-corrected chi connectivity index (χ0v) is 20.6. The minimum absolute atomic E-state index is 0.0163. The summed E-state index contributed by atoms with van der Waals surface area (Å²) in [6, 6.07) is 13.7. The lowest BCUT2D eigenvalue weighted by Gasteiger charge is -2.18. The number of hydrogen-bond donors (Lipinski definition) is 1. The highest BCUT2D eigenvalue weighted by atomic mass is 79.9. The predicted octanol–water partition coefficient (Wildman–Crippen LogP) is 6.38. The van der Waals surface area contributed by atoms with Gasteiger partial charge in [0.25, 0.3) is 5.76 Å². The molecule has 0 aromatic heterocycles. The lowest BCUT2D eigenvalue weighted by Crippen LogP contribution is -2.36. The van der Waals surface area contributed by atoms with Crippen LogP contribution in [0.4, 0.5) is 20.2 Å². The Morgan fingerprint density at radius 3 is 2.53 bits per heavy atom. The molecule has 2 amide bonds. The quantitative estimate of drug-likeness (QED) is 0.394. The topological polar surface area (TPSA) is 61.8 Å². The molecule has 0 unspecified atom stereocenters. The van der Waals surface area contributed by atoms with Crippen molar-refractivity contribution in [1.29, 1.82) is 0 Å². The highest BCUT2D eigenvalue weighted by Gasteiger charge is 2.39. The summed E-state index contributed by atoms with van der Waals surface area (Å²) in [6.45, 7) is 4.48. The average Bonchev–Trinajstić information content (AvgIpc) is 2.99. The first-order valence-corrected chi connectivity index (χ1v) is 12.4. The summed E-state index contributed by atoms with van der Waals surface area (Å²) in [5.41, 5.74) is 1.20. The second-order valence-electron chi connectivity index (χ2n) is 7.45. The Balaban J connectivity index is 1.74. The van der Waals surface area contributed by atoms with Crippen molar-refractivity contribution in [2.24, 2.45) is 10.9 Å². The van der Waals surface area contributed by atoms with Gasteiger partial charge < -0.3 is 5.32 Å². The Morgan fingerprint density at radius 1 is 1.22 bits per heavy atom. The molecule has 5 nitrogen and oxygen atoms in total. The van der Waals surface area contributed by atoms with Crippen molar-refractivity contribution in [3.05, 3.63) is 53.0 Å². The van der Waals surface area contributed by atoms with Gasteiger partial charge in [-0.1, -0.05) is 49.5 Å². The maximum absolute atomic E-state index is 13.0.